The van der Waals surface area contributed by atoms with Crippen molar-refractivity contribution < 1.29 is 4.39 Å². The van der Waals surface area contributed by atoms with Crippen LogP contribution in [0.4, 0.5) is 9.52 Å². The number of rotatable bonds is 1. The Morgan fingerprint density at radius 1 is 1.46 bits per heavy atom. The lowest BCUT2D eigenvalue weighted by molar-refractivity contribution is 0.624. The van der Waals surface area contributed by atoms with E-state index in [9.17, 15) is 4.39 Å². The molecule has 2 rings (SSSR count). The van der Waals surface area contributed by atoms with Crippen molar-refractivity contribution in [2.45, 2.75) is 0 Å². The third-order valence-electron chi connectivity index (χ3n) is 1.41. The standard InChI is InChI=1S/C7H5FN4S/c8-4-2-1-3-10-5(4)6-11-7(9)13-12-6/h1-3H,(H2,9,11,12). The zero-order chi connectivity index (χ0) is 9.26. The number of hydrogen-bond acceptors (Lipinski definition) is 5. The Labute approximate surface area is 77.4 Å². The molecular weight excluding hydrogens is 191 g/mol. The molecule has 0 saturated carbocycles. The molecule has 2 aromatic rings. The molecule has 66 valence electrons. The van der Waals surface area contributed by atoms with Crippen LogP contribution >= 0.6 is 11.5 Å². The zero-order valence-electron chi connectivity index (χ0n) is 6.44. The van der Waals surface area contributed by atoms with Gasteiger partial charge in [0.2, 0.25) is 0 Å². The summed E-state index contributed by atoms with van der Waals surface area (Å²) in [6.45, 7) is 0. The highest BCUT2D eigenvalue weighted by molar-refractivity contribution is 7.09. The van der Waals surface area contributed by atoms with Crippen LogP contribution in [0.25, 0.3) is 11.5 Å². The van der Waals surface area contributed by atoms with Gasteiger partial charge in [0.25, 0.3) is 0 Å². The molecule has 4 nitrogen and oxygen atoms in total. The monoisotopic (exact) mass is 196 g/mol. The van der Waals surface area contributed by atoms with Crippen molar-refractivity contribution in [3.05, 3.63) is 24.1 Å². The summed E-state index contributed by atoms with van der Waals surface area (Å²) in [4.78, 5) is 7.64. The first-order valence-electron chi connectivity index (χ1n) is 3.47. The van der Waals surface area contributed by atoms with Crippen LogP contribution < -0.4 is 5.73 Å². The molecule has 0 bridgehead atoms. The summed E-state index contributed by atoms with van der Waals surface area (Å²) in [5.41, 5.74) is 5.50. The van der Waals surface area contributed by atoms with Crippen molar-refractivity contribution in [1.82, 2.24) is 14.3 Å². The maximum absolute atomic E-state index is 13.1. The third kappa shape index (κ3) is 1.48. The second-order valence-electron chi connectivity index (χ2n) is 2.29. The van der Waals surface area contributed by atoms with E-state index in [1.807, 2.05) is 0 Å². The molecule has 2 heterocycles. The molecule has 2 aromatic heterocycles. The number of nitrogens with zero attached hydrogens (tertiary/aromatic N) is 3. The number of hydrogen-bond donors (Lipinski definition) is 1. The van der Waals surface area contributed by atoms with Gasteiger partial charge in [0.1, 0.15) is 5.69 Å². The van der Waals surface area contributed by atoms with Crippen LogP contribution in [0.1, 0.15) is 0 Å². The van der Waals surface area contributed by atoms with E-state index in [1.165, 1.54) is 18.3 Å². The number of pyridine rings is 1. The summed E-state index contributed by atoms with van der Waals surface area (Å²) in [5, 5.41) is 0.306. The van der Waals surface area contributed by atoms with Gasteiger partial charge in [0.05, 0.1) is 0 Å². The van der Waals surface area contributed by atoms with Gasteiger partial charge in [-0.1, -0.05) is 0 Å². The lowest BCUT2D eigenvalue weighted by Crippen LogP contribution is -1.90. The van der Waals surface area contributed by atoms with Crippen molar-refractivity contribution in [2.24, 2.45) is 0 Å². The topological polar surface area (TPSA) is 64.7 Å². The van der Waals surface area contributed by atoms with Gasteiger partial charge < -0.3 is 5.73 Å². The Morgan fingerprint density at radius 2 is 2.31 bits per heavy atom. The van der Waals surface area contributed by atoms with E-state index in [2.05, 4.69) is 14.3 Å². The van der Waals surface area contributed by atoms with E-state index in [1.54, 1.807) is 0 Å². The Bertz CT molecular complexity index is 428. The molecule has 0 saturated heterocycles. The van der Waals surface area contributed by atoms with Gasteiger partial charge in [-0.3, -0.25) is 0 Å². The predicted molar refractivity (Wildman–Crippen MR) is 47.5 cm³/mol. The molecule has 13 heavy (non-hydrogen) atoms. The SMILES string of the molecule is Nc1nc(-c2ncccc2F)ns1. The zero-order valence-corrected chi connectivity index (χ0v) is 7.25. The van der Waals surface area contributed by atoms with Crippen LogP contribution in [0.2, 0.25) is 0 Å². The van der Waals surface area contributed by atoms with Crippen LogP contribution in [0.5, 0.6) is 0 Å². The lowest BCUT2D eigenvalue weighted by atomic mass is 10.3. The molecule has 0 aromatic carbocycles. The van der Waals surface area contributed by atoms with Gasteiger partial charge in [-0.25, -0.2) is 9.37 Å². The molecule has 0 atom stereocenters. The van der Waals surface area contributed by atoms with Gasteiger partial charge in [-0.05, 0) is 12.1 Å². The van der Waals surface area contributed by atoms with Crippen LogP contribution in [-0.4, -0.2) is 14.3 Å². The van der Waals surface area contributed by atoms with E-state index in [4.69, 9.17) is 5.73 Å². The fourth-order valence-electron chi connectivity index (χ4n) is 0.882. The van der Waals surface area contributed by atoms with E-state index in [0.29, 0.717) is 5.13 Å². The fraction of sp³-hybridized carbons (Fsp3) is 0. The highest BCUT2D eigenvalue weighted by Gasteiger charge is 2.10. The lowest BCUT2D eigenvalue weighted by Gasteiger charge is -1.93. The van der Waals surface area contributed by atoms with Crippen molar-refractivity contribution in [3.8, 4) is 11.5 Å². The Hall–Kier alpha value is -1.56. The molecule has 0 spiro atoms. The summed E-state index contributed by atoms with van der Waals surface area (Å²) in [5.74, 6) is -0.207. The number of halogens is 1. The van der Waals surface area contributed by atoms with Gasteiger partial charge >= 0.3 is 0 Å². The second kappa shape index (κ2) is 3.06. The van der Waals surface area contributed by atoms with Crippen LogP contribution in [0, 0.1) is 5.82 Å². The highest BCUT2D eigenvalue weighted by atomic mass is 32.1. The predicted octanol–water partition coefficient (Wildman–Crippen LogP) is 1.32. The molecule has 0 aliphatic heterocycles. The van der Waals surface area contributed by atoms with Gasteiger partial charge in [0.15, 0.2) is 16.8 Å². The summed E-state index contributed by atoms with van der Waals surface area (Å²) in [7, 11) is 0. The normalized spacial score (nSPS) is 10.2. The van der Waals surface area contributed by atoms with Crippen molar-refractivity contribution in [3.63, 3.8) is 0 Å². The van der Waals surface area contributed by atoms with E-state index >= 15 is 0 Å². The van der Waals surface area contributed by atoms with E-state index in [0.717, 1.165) is 11.5 Å². The van der Waals surface area contributed by atoms with Gasteiger partial charge in [-0.2, -0.15) is 9.36 Å². The number of nitrogens with two attached hydrogens (primary N) is 1. The smallest absolute Gasteiger partial charge is 0.200 e. The molecule has 0 amide bonds. The Kier molecular flexibility index (Phi) is 1.90. The van der Waals surface area contributed by atoms with Crippen LogP contribution in [0.15, 0.2) is 18.3 Å². The molecule has 2 N–H and O–H groups in total. The number of aromatic nitrogens is 3. The summed E-state index contributed by atoms with van der Waals surface area (Å²) in [6, 6.07) is 2.81. The van der Waals surface area contributed by atoms with E-state index in [-0.39, 0.29) is 11.5 Å². The van der Waals surface area contributed by atoms with Gasteiger partial charge in [0, 0.05) is 17.7 Å². The maximum Gasteiger partial charge on any atom is 0.200 e. The number of nitrogen functional groups attached to an aromatic ring is 1. The van der Waals surface area contributed by atoms with Crippen LogP contribution in [-0.2, 0) is 0 Å². The highest BCUT2D eigenvalue weighted by Crippen LogP contribution is 2.19. The minimum Gasteiger partial charge on any atom is -0.374 e. The largest absolute Gasteiger partial charge is 0.374 e. The van der Waals surface area contributed by atoms with Crippen LogP contribution in [0.3, 0.4) is 0 Å². The average Bonchev–Trinajstić information content (AvgIpc) is 2.53. The average molecular weight is 196 g/mol. The molecular formula is C7H5FN4S. The maximum atomic E-state index is 13.1. The first kappa shape index (κ1) is 8.06. The summed E-state index contributed by atoms with van der Waals surface area (Å²) < 4.78 is 17.0. The molecule has 0 aliphatic rings. The molecule has 0 fully saturated rings. The van der Waals surface area contributed by atoms with Crippen molar-refractivity contribution in [1.29, 1.82) is 0 Å². The molecule has 0 radical (unpaired) electrons. The van der Waals surface area contributed by atoms with E-state index < -0.39 is 5.82 Å². The Morgan fingerprint density at radius 3 is 2.92 bits per heavy atom. The molecule has 6 heteroatoms. The van der Waals surface area contributed by atoms with Crippen molar-refractivity contribution in [2.75, 3.05) is 5.73 Å². The fourth-order valence-corrected chi connectivity index (χ4v) is 1.32. The quantitative estimate of drug-likeness (QED) is 0.747. The third-order valence-corrected chi connectivity index (χ3v) is 1.95. The summed E-state index contributed by atoms with van der Waals surface area (Å²) >= 11 is 1.02. The second-order valence-corrected chi connectivity index (χ2v) is 3.07. The molecule has 0 aliphatic carbocycles. The minimum atomic E-state index is -0.444. The first-order chi connectivity index (χ1) is 6.27. The first-order valence-corrected chi connectivity index (χ1v) is 4.25. The summed E-state index contributed by atoms with van der Waals surface area (Å²) in [6.07, 6.45) is 1.48. The minimum absolute atomic E-state index is 0.135. The van der Waals surface area contributed by atoms with Gasteiger partial charge in [-0.15, -0.1) is 0 Å². The Balaban J connectivity index is 2.52. The van der Waals surface area contributed by atoms with Crippen molar-refractivity contribution >= 4 is 16.7 Å². The molecule has 0 unspecified atom stereocenters. The number of anilines is 1.